The van der Waals surface area contributed by atoms with E-state index < -0.39 is 20.1 Å². The molecule has 1 heterocycles. The summed E-state index contributed by atoms with van der Waals surface area (Å²) in [4.78, 5) is 5.96. The van der Waals surface area contributed by atoms with Crippen molar-refractivity contribution in [3.63, 3.8) is 0 Å². The minimum Gasteiger partial charge on any atom is -0.357 e. The van der Waals surface area contributed by atoms with Crippen LogP contribution in [0.3, 0.4) is 0 Å². The van der Waals surface area contributed by atoms with Crippen molar-refractivity contribution in [2.45, 2.75) is 31.0 Å². The van der Waals surface area contributed by atoms with Crippen LogP contribution in [0.4, 0.5) is 13.2 Å². The Bertz CT molecular complexity index is 510. The van der Waals surface area contributed by atoms with E-state index in [4.69, 9.17) is 0 Å². The number of hydrogen-bond donors (Lipinski definition) is 1. The maximum Gasteiger partial charge on any atom is 0.441 e. The van der Waals surface area contributed by atoms with Crippen LogP contribution in [-0.2, 0) is 9.84 Å². The minimum atomic E-state index is -4.25. The lowest BCUT2D eigenvalue weighted by Gasteiger charge is -2.39. The number of halogens is 4. The summed E-state index contributed by atoms with van der Waals surface area (Å²) in [5.74, 6) is 0.323. The zero-order valence-electron chi connectivity index (χ0n) is 13.3. The number of hydrogen-bond acceptors (Lipinski definition) is 4. The first-order valence-electron chi connectivity index (χ1n) is 6.95. The Hall–Kier alpha value is 0.0900. The average Bonchev–Trinajstić information content (AvgIpc) is 2.35. The molecule has 11 heteroatoms. The molecule has 5 nitrogen and oxygen atoms in total. The van der Waals surface area contributed by atoms with Gasteiger partial charge in [-0.3, -0.25) is 4.99 Å². The zero-order chi connectivity index (χ0) is 17.0. The van der Waals surface area contributed by atoms with Crippen LogP contribution in [0.1, 0.15) is 20.8 Å². The number of aliphatic imine (C=N–C) groups is 1. The van der Waals surface area contributed by atoms with E-state index in [9.17, 15) is 21.6 Å². The van der Waals surface area contributed by atoms with Crippen LogP contribution in [0, 0.1) is 0 Å². The Morgan fingerprint density at radius 1 is 1.39 bits per heavy atom. The summed E-state index contributed by atoms with van der Waals surface area (Å²) in [6.45, 7) is 6.31. The average molecular weight is 489 g/mol. The van der Waals surface area contributed by atoms with Crippen LogP contribution in [0.25, 0.3) is 0 Å². The smallest absolute Gasteiger partial charge is 0.357 e. The summed E-state index contributed by atoms with van der Waals surface area (Å²) in [5, 5.41) is 3.01. The van der Waals surface area contributed by atoms with Gasteiger partial charge < -0.3 is 10.2 Å². The largest absolute Gasteiger partial charge is 0.441 e. The highest BCUT2D eigenvalue weighted by atomic mass is 127. The maximum atomic E-state index is 12.1. The molecular formula is C12H23F3IN3O2S2. The summed E-state index contributed by atoms with van der Waals surface area (Å²) in [6, 6.07) is 0. The molecule has 1 aliphatic rings. The number of alkyl halides is 3. The summed E-state index contributed by atoms with van der Waals surface area (Å²) in [7, 11) is -3.16. The minimum absolute atomic E-state index is 0. The van der Waals surface area contributed by atoms with Crippen LogP contribution < -0.4 is 5.32 Å². The molecule has 0 amide bonds. The lowest BCUT2D eigenvalue weighted by molar-refractivity contribution is -0.0327. The number of rotatable bonds is 4. The molecule has 0 aliphatic carbocycles. The van der Waals surface area contributed by atoms with E-state index in [1.54, 1.807) is 18.7 Å². The molecule has 0 atom stereocenters. The van der Waals surface area contributed by atoms with Gasteiger partial charge >= 0.3 is 5.51 Å². The van der Waals surface area contributed by atoms with Crippen molar-refractivity contribution in [2.75, 3.05) is 37.7 Å². The van der Waals surface area contributed by atoms with E-state index in [1.807, 2.05) is 6.92 Å². The van der Waals surface area contributed by atoms with Crippen molar-refractivity contribution in [3.8, 4) is 0 Å². The number of sulfone groups is 1. The van der Waals surface area contributed by atoms with Gasteiger partial charge in [0, 0.05) is 25.4 Å². The van der Waals surface area contributed by atoms with Crippen molar-refractivity contribution >= 4 is 51.5 Å². The Morgan fingerprint density at radius 3 is 2.48 bits per heavy atom. The molecule has 1 aliphatic heterocycles. The first kappa shape index (κ1) is 23.1. The summed E-state index contributed by atoms with van der Waals surface area (Å²) in [5.41, 5.74) is -4.25. The zero-order valence-corrected chi connectivity index (χ0v) is 17.3. The molecule has 0 bridgehead atoms. The van der Waals surface area contributed by atoms with E-state index in [1.165, 1.54) is 0 Å². The fourth-order valence-corrected chi connectivity index (χ4v) is 3.84. The van der Waals surface area contributed by atoms with Gasteiger partial charge in [-0.15, -0.1) is 24.0 Å². The van der Waals surface area contributed by atoms with E-state index in [-0.39, 0.29) is 60.3 Å². The number of guanidine groups is 1. The molecule has 0 unspecified atom stereocenters. The third-order valence-corrected chi connectivity index (χ3v) is 6.54. The molecule has 1 rings (SSSR count). The Balaban J connectivity index is 0.00000484. The SMILES string of the molecule is CCNC(=NCCSC(F)(F)F)N1CCS(=O)(=O)C(C)(C)C1.I. The fourth-order valence-electron chi connectivity index (χ4n) is 2.06. The van der Waals surface area contributed by atoms with Crippen LogP contribution in [0.5, 0.6) is 0 Å². The van der Waals surface area contributed by atoms with E-state index >= 15 is 0 Å². The molecule has 0 spiro atoms. The molecule has 1 saturated heterocycles. The molecule has 0 aromatic heterocycles. The van der Waals surface area contributed by atoms with Crippen LogP contribution >= 0.6 is 35.7 Å². The normalized spacial score (nSPS) is 20.8. The van der Waals surface area contributed by atoms with Crippen LogP contribution in [0.15, 0.2) is 4.99 Å². The summed E-state index contributed by atoms with van der Waals surface area (Å²) in [6.07, 6.45) is 0. The topological polar surface area (TPSA) is 61.8 Å². The van der Waals surface area contributed by atoms with Gasteiger partial charge in [0.1, 0.15) is 0 Å². The van der Waals surface area contributed by atoms with Crippen LogP contribution in [-0.4, -0.2) is 67.2 Å². The number of nitrogens with zero attached hydrogens (tertiary/aromatic N) is 2. The van der Waals surface area contributed by atoms with Gasteiger partial charge in [-0.2, -0.15) is 13.2 Å². The highest BCUT2D eigenvalue weighted by molar-refractivity contribution is 14.0. The Kier molecular flexibility index (Phi) is 9.01. The van der Waals surface area contributed by atoms with Gasteiger partial charge in [0.2, 0.25) is 0 Å². The highest BCUT2D eigenvalue weighted by Crippen LogP contribution is 2.29. The van der Waals surface area contributed by atoms with E-state index in [0.29, 0.717) is 19.0 Å². The highest BCUT2D eigenvalue weighted by Gasteiger charge is 2.41. The molecule has 23 heavy (non-hydrogen) atoms. The predicted octanol–water partition coefficient (Wildman–Crippen LogP) is 2.33. The number of thioether (sulfide) groups is 1. The molecule has 0 radical (unpaired) electrons. The van der Waals surface area contributed by atoms with Gasteiger partial charge in [0.05, 0.1) is 17.0 Å². The second-order valence-corrected chi connectivity index (χ2v) is 9.43. The molecule has 0 saturated carbocycles. The van der Waals surface area contributed by atoms with Crippen LogP contribution in [0.2, 0.25) is 0 Å². The lowest BCUT2D eigenvalue weighted by Crippen LogP contribution is -2.57. The predicted molar refractivity (Wildman–Crippen MR) is 99.3 cm³/mol. The van der Waals surface area contributed by atoms with Crippen molar-refractivity contribution in [1.29, 1.82) is 0 Å². The van der Waals surface area contributed by atoms with Crippen molar-refractivity contribution in [3.05, 3.63) is 0 Å². The second-order valence-electron chi connectivity index (χ2n) is 5.53. The van der Waals surface area contributed by atoms with Gasteiger partial charge in [-0.1, -0.05) is 0 Å². The van der Waals surface area contributed by atoms with Gasteiger partial charge in [-0.25, -0.2) is 8.42 Å². The first-order valence-corrected chi connectivity index (χ1v) is 9.58. The molecule has 0 aromatic carbocycles. The van der Waals surface area contributed by atoms with E-state index in [2.05, 4.69) is 10.3 Å². The molecule has 0 aromatic rings. The lowest BCUT2D eigenvalue weighted by atomic mass is 10.2. The monoisotopic (exact) mass is 489 g/mol. The number of nitrogens with one attached hydrogen (secondary N) is 1. The summed E-state index contributed by atoms with van der Waals surface area (Å²) < 4.78 is 59.3. The Labute approximate surface area is 156 Å². The van der Waals surface area contributed by atoms with E-state index in [0.717, 1.165) is 0 Å². The van der Waals surface area contributed by atoms with Gasteiger partial charge in [0.25, 0.3) is 0 Å². The third kappa shape index (κ3) is 7.24. The molecule has 138 valence electrons. The van der Waals surface area contributed by atoms with Crippen molar-refractivity contribution in [1.82, 2.24) is 10.2 Å². The Morgan fingerprint density at radius 2 is 2.00 bits per heavy atom. The molecule has 1 fully saturated rings. The fraction of sp³-hybridized carbons (Fsp3) is 0.917. The third-order valence-electron chi connectivity index (χ3n) is 3.30. The molecular weight excluding hydrogens is 466 g/mol. The molecule has 1 N–H and O–H groups in total. The summed E-state index contributed by atoms with van der Waals surface area (Å²) >= 11 is -0.109. The van der Waals surface area contributed by atoms with Gasteiger partial charge in [0.15, 0.2) is 15.8 Å². The van der Waals surface area contributed by atoms with Gasteiger partial charge in [-0.05, 0) is 32.5 Å². The van der Waals surface area contributed by atoms with Crippen molar-refractivity contribution < 1.29 is 21.6 Å². The standard InChI is InChI=1S/C12H22F3N3O2S2.HI/c1-4-16-10(17-5-7-21-12(13,14)15)18-6-8-22(19,20)11(2,3)9-18;/h4-9H2,1-3H3,(H,16,17);1H. The second kappa shape index (κ2) is 8.97. The quantitative estimate of drug-likeness (QED) is 0.285. The van der Waals surface area contributed by atoms with Crippen molar-refractivity contribution in [2.24, 2.45) is 4.99 Å². The maximum absolute atomic E-state index is 12.1. The first-order chi connectivity index (χ1) is 9.98.